The molecule has 0 aliphatic heterocycles. The maximum Gasteiger partial charge on any atom is 0.248 e. The summed E-state index contributed by atoms with van der Waals surface area (Å²) < 4.78 is 30.6. The van der Waals surface area contributed by atoms with Crippen LogP contribution < -0.4 is 0 Å². The van der Waals surface area contributed by atoms with Crippen LogP contribution in [0.3, 0.4) is 0 Å². The SMILES string of the molecule is Cc1noc(C)c1S(=O)(=O)N(C)C(C)CC#N. The van der Waals surface area contributed by atoms with E-state index in [1.165, 1.54) is 11.4 Å². The van der Waals surface area contributed by atoms with Crippen molar-refractivity contribution in [1.82, 2.24) is 9.46 Å². The van der Waals surface area contributed by atoms with Gasteiger partial charge in [0.15, 0.2) is 5.76 Å². The lowest BCUT2D eigenvalue weighted by Gasteiger charge is -2.21. The number of hydrogen-bond acceptors (Lipinski definition) is 5. The van der Waals surface area contributed by atoms with E-state index in [4.69, 9.17) is 9.78 Å². The monoisotopic (exact) mass is 257 g/mol. The second-order valence-electron chi connectivity index (χ2n) is 3.89. The Bertz CT molecular complexity index is 522. The van der Waals surface area contributed by atoms with Gasteiger partial charge in [0, 0.05) is 13.1 Å². The molecule has 1 heterocycles. The molecule has 0 saturated carbocycles. The quantitative estimate of drug-likeness (QED) is 0.809. The highest BCUT2D eigenvalue weighted by atomic mass is 32.2. The van der Waals surface area contributed by atoms with Crippen molar-refractivity contribution in [3.05, 3.63) is 11.5 Å². The van der Waals surface area contributed by atoms with Crippen molar-refractivity contribution in [3.63, 3.8) is 0 Å². The molecule has 7 heteroatoms. The van der Waals surface area contributed by atoms with Gasteiger partial charge in [-0.1, -0.05) is 5.16 Å². The van der Waals surface area contributed by atoms with Gasteiger partial charge in [-0.3, -0.25) is 0 Å². The molecule has 0 aliphatic carbocycles. The first-order valence-corrected chi connectivity index (χ1v) is 6.54. The number of sulfonamides is 1. The maximum absolute atomic E-state index is 12.3. The molecule has 0 amide bonds. The second-order valence-corrected chi connectivity index (χ2v) is 5.82. The molecule has 0 radical (unpaired) electrons. The lowest BCUT2D eigenvalue weighted by atomic mass is 10.3. The Morgan fingerprint density at radius 1 is 1.53 bits per heavy atom. The Morgan fingerprint density at radius 2 is 2.12 bits per heavy atom. The predicted octanol–water partition coefficient (Wildman–Crippen LogP) is 1.21. The first-order valence-electron chi connectivity index (χ1n) is 5.10. The fourth-order valence-electron chi connectivity index (χ4n) is 1.48. The van der Waals surface area contributed by atoms with E-state index in [0.29, 0.717) is 5.69 Å². The Morgan fingerprint density at radius 3 is 2.53 bits per heavy atom. The van der Waals surface area contributed by atoms with Crippen LogP contribution in [-0.4, -0.2) is 31.0 Å². The van der Waals surface area contributed by atoms with Crippen LogP contribution in [0.15, 0.2) is 9.42 Å². The summed E-state index contributed by atoms with van der Waals surface area (Å²) in [6.45, 7) is 4.81. The molecular formula is C10H15N3O3S. The fourth-order valence-corrected chi connectivity index (χ4v) is 3.13. The lowest BCUT2D eigenvalue weighted by molar-refractivity contribution is 0.383. The minimum Gasteiger partial charge on any atom is -0.360 e. The average molecular weight is 257 g/mol. The Labute approximate surface area is 101 Å². The van der Waals surface area contributed by atoms with Crippen molar-refractivity contribution in [2.75, 3.05) is 7.05 Å². The number of rotatable bonds is 4. The smallest absolute Gasteiger partial charge is 0.248 e. The number of nitriles is 1. The average Bonchev–Trinajstić information content (AvgIpc) is 2.58. The van der Waals surface area contributed by atoms with Crippen molar-refractivity contribution >= 4 is 10.0 Å². The summed E-state index contributed by atoms with van der Waals surface area (Å²) in [5.41, 5.74) is 0.332. The third-order valence-electron chi connectivity index (χ3n) is 2.61. The minimum absolute atomic E-state index is 0.0878. The van der Waals surface area contributed by atoms with Gasteiger partial charge < -0.3 is 4.52 Å². The lowest BCUT2D eigenvalue weighted by Crippen LogP contribution is -2.35. The Balaban J connectivity index is 3.17. The summed E-state index contributed by atoms with van der Waals surface area (Å²) in [5.74, 6) is 0.263. The zero-order valence-corrected chi connectivity index (χ0v) is 11.1. The van der Waals surface area contributed by atoms with E-state index in [2.05, 4.69) is 5.16 Å². The van der Waals surface area contributed by atoms with Crippen molar-refractivity contribution in [2.45, 2.75) is 38.1 Å². The third-order valence-corrected chi connectivity index (χ3v) is 4.83. The van der Waals surface area contributed by atoms with Gasteiger partial charge in [-0.05, 0) is 20.8 Å². The van der Waals surface area contributed by atoms with E-state index >= 15 is 0 Å². The third kappa shape index (κ3) is 2.48. The first-order chi connectivity index (χ1) is 7.82. The van der Waals surface area contributed by atoms with Crippen molar-refractivity contribution in [2.24, 2.45) is 0 Å². The van der Waals surface area contributed by atoms with Crippen LogP contribution in [0.1, 0.15) is 24.8 Å². The highest BCUT2D eigenvalue weighted by Gasteiger charge is 2.31. The molecule has 0 aliphatic rings. The van der Waals surface area contributed by atoms with E-state index in [-0.39, 0.29) is 17.1 Å². The van der Waals surface area contributed by atoms with Gasteiger partial charge in [-0.2, -0.15) is 9.57 Å². The first kappa shape index (κ1) is 13.7. The summed E-state index contributed by atoms with van der Waals surface area (Å²) in [6, 6.07) is 1.56. The fraction of sp³-hybridized carbons (Fsp3) is 0.600. The molecule has 1 atom stereocenters. The minimum atomic E-state index is -3.65. The maximum atomic E-state index is 12.3. The molecule has 1 aromatic rings. The number of aryl methyl sites for hydroxylation is 2. The molecule has 6 nitrogen and oxygen atoms in total. The molecule has 94 valence electrons. The van der Waals surface area contributed by atoms with Crippen LogP contribution >= 0.6 is 0 Å². The van der Waals surface area contributed by atoms with Crippen LogP contribution in [0.5, 0.6) is 0 Å². The molecular weight excluding hydrogens is 242 g/mol. The van der Waals surface area contributed by atoms with Gasteiger partial charge in [-0.25, -0.2) is 8.42 Å². The molecule has 0 N–H and O–H groups in total. The Hall–Kier alpha value is -1.39. The molecule has 0 saturated heterocycles. The van der Waals surface area contributed by atoms with Gasteiger partial charge in [0.2, 0.25) is 10.0 Å². The largest absolute Gasteiger partial charge is 0.360 e. The zero-order valence-electron chi connectivity index (χ0n) is 10.3. The van der Waals surface area contributed by atoms with Crippen LogP contribution in [0, 0.1) is 25.2 Å². The zero-order chi connectivity index (χ0) is 13.2. The summed E-state index contributed by atoms with van der Waals surface area (Å²) in [4.78, 5) is 0.0878. The molecule has 0 fully saturated rings. The number of nitrogens with zero attached hydrogens (tertiary/aromatic N) is 3. The van der Waals surface area contributed by atoms with Crippen molar-refractivity contribution in [3.8, 4) is 6.07 Å². The molecule has 0 spiro atoms. The highest BCUT2D eigenvalue weighted by Crippen LogP contribution is 2.24. The van der Waals surface area contributed by atoms with E-state index in [9.17, 15) is 8.42 Å². The Kier molecular flexibility index (Phi) is 3.91. The second kappa shape index (κ2) is 4.85. The van der Waals surface area contributed by atoms with Gasteiger partial charge in [0.1, 0.15) is 10.6 Å². The van der Waals surface area contributed by atoms with Crippen LogP contribution in [0.4, 0.5) is 0 Å². The number of hydrogen-bond donors (Lipinski definition) is 0. The summed E-state index contributed by atoms with van der Waals surface area (Å²) >= 11 is 0. The van der Waals surface area contributed by atoms with Gasteiger partial charge in [-0.15, -0.1) is 0 Å². The topological polar surface area (TPSA) is 87.2 Å². The molecule has 17 heavy (non-hydrogen) atoms. The van der Waals surface area contributed by atoms with Crippen LogP contribution in [0.25, 0.3) is 0 Å². The van der Waals surface area contributed by atoms with E-state index < -0.39 is 16.1 Å². The molecule has 1 unspecified atom stereocenters. The highest BCUT2D eigenvalue weighted by molar-refractivity contribution is 7.89. The van der Waals surface area contributed by atoms with Gasteiger partial charge >= 0.3 is 0 Å². The van der Waals surface area contributed by atoms with Crippen LogP contribution in [0.2, 0.25) is 0 Å². The predicted molar refractivity (Wildman–Crippen MR) is 60.6 cm³/mol. The van der Waals surface area contributed by atoms with Crippen molar-refractivity contribution < 1.29 is 12.9 Å². The molecule has 1 aromatic heterocycles. The molecule has 0 bridgehead atoms. The standard InChI is InChI=1S/C10H15N3O3S/c1-7(5-6-11)13(4)17(14,15)10-8(2)12-16-9(10)3/h7H,5H2,1-4H3. The summed E-state index contributed by atoms with van der Waals surface area (Å²) in [6.07, 6.45) is 0.138. The van der Waals surface area contributed by atoms with E-state index in [1.54, 1.807) is 20.8 Å². The van der Waals surface area contributed by atoms with Gasteiger partial charge in [0.05, 0.1) is 12.5 Å². The summed E-state index contributed by atoms with van der Waals surface area (Å²) in [7, 11) is -2.20. The van der Waals surface area contributed by atoms with Crippen LogP contribution in [-0.2, 0) is 10.0 Å². The number of aromatic nitrogens is 1. The van der Waals surface area contributed by atoms with E-state index in [1.807, 2.05) is 6.07 Å². The normalized spacial score (nSPS) is 13.6. The molecule has 0 aromatic carbocycles. The summed E-state index contributed by atoms with van der Waals surface area (Å²) in [5, 5.41) is 12.2. The molecule has 1 rings (SSSR count). The van der Waals surface area contributed by atoms with E-state index in [0.717, 1.165) is 0 Å². The van der Waals surface area contributed by atoms with Gasteiger partial charge in [0.25, 0.3) is 0 Å². The van der Waals surface area contributed by atoms with Crippen molar-refractivity contribution in [1.29, 1.82) is 5.26 Å².